The molecule has 0 saturated carbocycles. The summed E-state index contributed by atoms with van der Waals surface area (Å²) in [5.41, 5.74) is 0.591. The molecule has 0 unspecified atom stereocenters. The first-order valence-corrected chi connectivity index (χ1v) is 8.41. The predicted molar refractivity (Wildman–Crippen MR) is 96.5 cm³/mol. The molecule has 2 aromatic rings. The molecule has 1 N–H and O–H groups in total. The zero-order valence-electron chi connectivity index (χ0n) is 15.1. The molecule has 1 aromatic heterocycles. The number of ether oxygens (including phenoxy) is 2. The SMILES string of the molecule is CCO[C@](C)(CC)C(=O)Nc1ccc(OC(C)C)c2ncccc12. The number of aromatic nitrogens is 1. The van der Waals surface area contributed by atoms with Crippen LogP contribution in [0.15, 0.2) is 30.5 Å². The van der Waals surface area contributed by atoms with E-state index >= 15 is 0 Å². The fourth-order valence-electron chi connectivity index (χ4n) is 2.51. The van der Waals surface area contributed by atoms with Gasteiger partial charge in [-0.1, -0.05) is 6.92 Å². The summed E-state index contributed by atoms with van der Waals surface area (Å²) >= 11 is 0. The Labute approximate surface area is 143 Å². The van der Waals surface area contributed by atoms with Crippen molar-refractivity contribution in [2.75, 3.05) is 11.9 Å². The minimum atomic E-state index is -0.851. The van der Waals surface area contributed by atoms with Crippen molar-refractivity contribution < 1.29 is 14.3 Å². The summed E-state index contributed by atoms with van der Waals surface area (Å²) in [6, 6.07) is 7.46. The molecule has 1 aromatic carbocycles. The Balaban J connectivity index is 2.38. The molecule has 5 nitrogen and oxygen atoms in total. The number of amides is 1. The number of nitrogens with one attached hydrogen (secondary N) is 1. The van der Waals surface area contributed by atoms with Crippen molar-refractivity contribution in [2.24, 2.45) is 0 Å². The van der Waals surface area contributed by atoms with Crippen LogP contribution in [0.2, 0.25) is 0 Å². The maximum Gasteiger partial charge on any atom is 0.256 e. The molecule has 130 valence electrons. The van der Waals surface area contributed by atoms with Crippen molar-refractivity contribution >= 4 is 22.5 Å². The van der Waals surface area contributed by atoms with Crippen molar-refractivity contribution in [3.63, 3.8) is 0 Å². The number of pyridine rings is 1. The molecule has 5 heteroatoms. The third-order valence-electron chi connectivity index (χ3n) is 3.96. The van der Waals surface area contributed by atoms with Gasteiger partial charge in [0.05, 0.1) is 11.8 Å². The summed E-state index contributed by atoms with van der Waals surface area (Å²) in [5.74, 6) is 0.552. The molecule has 0 saturated heterocycles. The lowest BCUT2D eigenvalue weighted by molar-refractivity contribution is -0.139. The lowest BCUT2D eigenvalue weighted by atomic mass is 10.0. The van der Waals surface area contributed by atoms with Gasteiger partial charge in [-0.05, 0) is 58.4 Å². The Kier molecular flexibility index (Phi) is 5.78. The highest BCUT2D eigenvalue weighted by Crippen LogP contribution is 2.31. The topological polar surface area (TPSA) is 60.5 Å². The normalized spacial score (nSPS) is 13.8. The largest absolute Gasteiger partial charge is 0.489 e. The number of benzene rings is 1. The van der Waals surface area contributed by atoms with Gasteiger partial charge in [-0.15, -0.1) is 0 Å². The van der Waals surface area contributed by atoms with Crippen LogP contribution in [0.1, 0.15) is 41.0 Å². The second-order valence-corrected chi connectivity index (χ2v) is 6.15. The Morgan fingerprint density at radius 3 is 2.67 bits per heavy atom. The highest BCUT2D eigenvalue weighted by Gasteiger charge is 2.32. The number of carbonyl (C=O) groups excluding carboxylic acids is 1. The summed E-state index contributed by atoms with van der Waals surface area (Å²) in [6.07, 6.45) is 2.37. The van der Waals surface area contributed by atoms with E-state index in [0.717, 1.165) is 10.9 Å². The Bertz CT molecular complexity index is 715. The van der Waals surface area contributed by atoms with E-state index in [-0.39, 0.29) is 12.0 Å². The molecule has 0 aliphatic heterocycles. The maximum absolute atomic E-state index is 12.7. The second-order valence-electron chi connectivity index (χ2n) is 6.15. The van der Waals surface area contributed by atoms with Crippen molar-refractivity contribution in [3.05, 3.63) is 30.5 Å². The summed E-state index contributed by atoms with van der Waals surface area (Å²) in [7, 11) is 0. The molecule has 0 aliphatic carbocycles. The molecule has 1 atom stereocenters. The molecular weight excluding hydrogens is 304 g/mol. The first-order chi connectivity index (χ1) is 11.4. The van der Waals surface area contributed by atoms with Gasteiger partial charge >= 0.3 is 0 Å². The van der Waals surface area contributed by atoms with Crippen LogP contribution in [0, 0.1) is 0 Å². The predicted octanol–water partition coefficient (Wildman–Crippen LogP) is 4.17. The minimum Gasteiger partial charge on any atom is -0.489 e. The second kappa shape index (κ2) is 7.62. The molecule has 0 radical (unpaired) electrons. The number of carbonyl (C=O) groups is 1. The van der Waals surface area contributed by atoms with Gasteiger partial charge in [0, 0.05) is 18.2 Å². The van der Waals surface area contributed by atoms with E-state index in [4.69, 9.17) is 9.47 Å². The lowest BCUT2D eigenvalue weighted by Gasteiger charge is -2.27. The van der Waals surface area contributed by atoms with Crippen LogP contribution in [0.3, 0.4) is 0 Å². The van der Waals surface area contributed by atoms with Crippen LogP contribution in [-0.2, 0) is 9.53 Å². The van der Waals surface area contributed by atoms with Gasteiger partial charge in [0.15, 0.2) is 0 Å². The summed E-state index contributed by atoms with van der Waals surface area (Å²) in [6.45, 7) is 10.1. The molecule has 1 heterocycles. The highest BCUT2D eigenvalue weighted by atomic mass is 16.5. The van der Waals surface area contributed by atoms with E-state index in [0.29, 0.717) is 24.5 Å². The van der Waals surface area contributed by atoms with E-state index in [1.807, 2.05) is 58.9 Å². The Morgan fingerprint density at radius 2 is 2.04 bits per heavy atom. The molecule has 0 aliphatic rings. The summed E-state index contributed by atoms with van der Waals surface area (Å²) in [4.78, 5) is 17.1. The van der Waals surface area contributed by atoms with E-state index in [2.05, 4.69) is 10.3 Å². The number of rotatable bonds is 7. The van der Waals surface area contributed by atoms with Crippen molar-refractivity contribution in [1.82, 2.24) is 4.98 Å². The average molecular weight is 330 g/mol. The highest BCUT2D eigenvalue weighted by molar-refractivity contribution is 6.05. The lowest BCUT2D eigenvalue weighted by Crippen LogP contribution is -2.42. The zero-order valence-corrected chi connectivity index (χ0v) is 15.1. The number of fused-ring (bicyclic) bond motifs is 1. The summed E-state index contributed by atoms with van der Waals surface area (Å²) in [5, 5.41) is 3.83. The van der Waals surface area contributed by atoms with Gasteiger partial charge in [0.25, 0.3) is 5.91 Å². The smallest absolute Gasteiger partial charge is 0.256 e. The van der Waals surface area contributed by atoms with Crippen LogP contribution in [0.4, 0.5) is 5.69 Å². The minimum absolute atomic E-state index is 0.0528. The van der Waals surface area contributed by atoms with Crippen LogP contribution in [-0.4, -0.2) is 29.2 Å². The molecule has 0 spiro atoms. The van der Waals surface area contributed by atoms with Gasteiger partial charge in [-0.2, -0.15) is 0 Å². The quantitative estimate of drug-likeness (QED) is 0.828. The van der Waals surface area contributed by atoms with E-state index in [9.17, 15) is 4.79 Å². The monoisotopic (exact) mass is 330 g/mol. The molecule has 1 amide bonds. The molecular formula is C19H26N2O3. The van der Waals surface area contributed by atoms with E-state index < -0.39 is 5.60 Å². The first kappa shape index (κ1) is 18.2. The van der Waals surface area contributed by atoms with Crippen molar-refractivity contribution in [1.29, 1.82) is 0 Å². The van der Waals surface area contributed by atoms with Crippen LogP contribution in [0.25, 0.3) is 10.9 Å². The maximum atomic E-state index is 12.7. The number of hydrogen-bond acceptors (Lipinski definition) is 4. The molecule has 2 rings (SSSR count). The number of nitrogens with zero attached hydrogens (tertiary/aromatic N) is 1. The van der Waals surface area contributed by atoms with Gasteiger partial charge in [-0.25, -0.2) is 0 Å². The van der Waals surface area contributed by atoms with Gasteiger partial charge in [-0.3, -0.25) is 9.78 Å². The standard InChI is InChI=1S/C19H26N2O3/c1-6-19(5,23-7-2)18(22)21-15-10-11-16(24-13(3)4)17-14(15)9-8-12-20-17/h8-13H,6-7H2,1-5H3,(H,21,22)/t19-/m1/s1. The average Bonchev–Trinajstić information content (AvgIpc) is 2.56. The summed E-state index contributed by atoms with van der Waals surface area (Å²) < 4.78 is 11.5. The van der Waals surface area contributed by atoms with E-state index in [1.54, 1.807) is 6.20 Å². The third-order valence-corrected chi connectivity index (χ3v) is 3.96. The van der Waals surface area contributed by atoms with Crippen LogP contribution in [0.5, 0.6) is 5.75 Å². The third kappa shape index (κ3) is 3.85. The number of anilines is 1. The zero-order chi connectivity index (χ0) is 17.7. The molecule has 24 heavy (non-hydrogen) atoms. The van der Waals surface area contributed by atoms with Crippen molar-refractivity contribution in [2.45, 2.75) is 52.7 Å². The van der Waals surface area contributed by atoms with Crippen molar-refractivity contribution in [3.8, 4) is 5.75 Å². The first-order valence-electron chi connectivity index (χ1n) is 8.41. The fraction of sp³-hybridized carbons (Fsp3) is 0.474. The number of hydrogen-bond donors (Lipinski definition) is 1. The van der Waals surface area contributed by atoms with Crippen LogP contribution >= 0.6 is 0 Å². The van der Waals surface area contributed by atoms with Gasteiger partial charge < -0.3 is 14.8 Å². The van der Waals surface area contributed by atoms with Gasteiger partial charge in [0.2, 0.25) is 0 Å². The van der Waals surface area contributed by atoms with E-state index in [1.165, 1.54) is 0 Å². The van der Waals surface area contributed by atoms with Crippen LogP contribution < -0.4 is 10.1 Å². The Morgan fingerprint density at radius 1 is 1.29 bits per heavy atom. The Hall–Kier alpha value is -2.14. The van der Waals surface area contributed by atoms with Gasteiger partial charge in [0.1, 0.15) is 16.9 Å². The fourth-order valence-corrected chi connectivity index (χ4v) is 2.51. The molecule has 0 fully saturated rings. The molecule has 0 bridgehead atoms.